The molecule has 10 heteroatoms. The number of rotatable bonds is 6. The molecule has 0 saturated carbocycles. The van der Waals surface area contributed by atoms with Crippen molar-refractivity contribution in [1.82, 2.24) is 0 Å². The standard InChI is InChI=1S/C11H13IN2O6S/c12-6-1-3-9(21(18,19)20)8(5-6)14-10(15)4-2-7(13)11(16)17/h1,3,5,7H,2,4,13H2,(H,14,15)(H,16,17)(H,18,19,20)/t7-/m0/s1. The highest BCUT2D eigenvalue weighted by molar-refractivity contribution is 14.1. The van der Waals surface area contributed by atoms with E-state index in [1.165, 1.54) is 12.1 Å². The van der Waals surface area contributed by atoms with Crippen molar-refractivity contribution in [1.29, 1.82) is 0 Å². The molecule has 116 valence electrons. The van der Waals surface area contributed by atoms with Gasteiger partial charge in [-0.3, -0.25) is 14.1 Å². The Morgan fingerprint density at radius 2 is 2.00 bits per heavy atom. The van der Waals surface area contributed by atoms with Gasteiger partial charge in [0.2, 0.25) is 5.91 Å². The molecule has 8 nitrogen and oxygen atoms in total. The molecule has 0 aliphatic rings. The summed E-state index contributed by atoms with van der Waals surface area (Å²) in [6.07, 6.45) is -0.282. The zero-order chi connectivity index (χ0) is 16.2. The largest absolute Gasteiger partial charge is 0.480 e. The fraction of sp³-hybridized carbons (Fsp3) is 0.273. The van der Waals surface area contributed by atoms with E-state index < -0.39 is 32.9 Å². The summed E-state index contributed by atoms with van der Waals surface area (Å²) in [6.45, 7) is 0. The van der Waals surface area contributed by atoms with Crippen LogP contribution in [-0.2, 0) is 19.7 Å². The smallest absolute Gasteiger partial charge is 0.320 e. The van der Waals surface area contributed by atoms with Crippen molar-refractivity contribution in [3.05, 3.63) is 21.8 Å². The molecule has 1 amide bonds. The second-order valence-electron chi connectivity index (χ2n) is 4.15. The van der Waals surface area contributed by atoms with Crippen molar-refractivity contribution in [2.24, 2.45) is 5.73 Å². The average Bonchev–Trinajstić information content (AvgIpc) is 2.34. The van der Waals surface area contributed by atoms with Crippen molar-refractivity contribution in [2.45, 2.75) is 23.8 Å². The van der Waals surface area contributed by atoms with Crippen molar-refractivity contribution >= 4 is 50.3 Å². The summed E-state index contributed by atoms with van der Waals surface area (Å²) < 4.78 is 32.1. The number of benzene rings is 1. The van der Waals surface area contributed by atoms with E-state index in [0.717, 1.165) is 6.07 Å². The second-order valence-corrected chi connectivity index (χ2v) is 6.78. The monoisotopic (exact) mass is 428 g/mol. The first-order valence-electron chi connectivity index (χ1n) is 5.66. The van der Waals surface area contributed by atoms with Crippen molar-refractivity contribution in [2.75, 3.05) is 5.32 Å². The fourth-order valence-corrected chi connectivity index (χ4v) is 2.57. The van der Waals surface area contributed by atoms with Crippen LogP contribution < -0.4 is 11.1 Å². The molecule has 0 bridgehead atoms. The number of hydrogen-bond donors (Lipinski definition) is 4. The average molecular weight is 428 g/mol. The third-order valence-corrected chi connectivity index (χ3v) is 4.08. The number of hydrogen-bond acceptors (Lipinski definition) is 5. The van der Waals surface area contributed by atoms with Gasteiger partial charge in [0, 0.05) is 9.99 Å². The number of anilines is 1. The zero-order valence-electron chi connectivity index (χ0n) is 10.6. The van der Waals surface area contributed by atoms with E-state index in [1.54, 1.807) is 0 Å². The molecule has 0 aliphatic carbocycles. The third-order valence-electron chi connectivity index (χ3n) is 2.49. The second kappa shape index (κ2) is 7.15. The van der Waals surface area contributed by atoms with Gasteiger partial charge in [-0.25, -0.2) is 0 Å². The first-order valence-corrected chi connectivity index (χ1v) is 8.18. The minimum absolute atomic E-state index is 0.0710. The molecule has 0 aromatic heterocycles. The van der Waals surface area contributed by atoms with E-state index >= 15 is 0 Å². The summed E-state index contributed by atoms with van der Waals surface area (Å²) in [6, 6.07) is 2.82. The molecular formula is C11H13IN2O6S. The quantitative estimate of drug-likeness (QED) is 0.385. The van der Waals surface area contributed by atoms with Gasteiger partial charge in [0.1, 0.15) is 10.9 Å². The molecule has 21 heavy (non-hydrogen) atoms. The Balaban J connectivity index is 2.85. The number of nitrogens with one attached hydrogen (secondary N) is 1. The lowest BCUT2D eigenvalue weighted by Gasteiger charge is -2.10. The number of nitrogens with two attached hydrogens (primary N) is 1. The van der Waals surface area contributed by atoms with E-state index in [0.29, 0.717) is 3.57 Å². The minimum atomic E-state index is -4.48. The normalized spacial score (nSPS) is 12.7. The number of carbonyl (C=O) groups excluding carboxylic acids is 1. The van der Waals surface area contributed by atoms with Gasteiger partial charge < -0.3 is 16.2 Å². The molecule has 1 aromatic rings. The number of aliphatic carboxylic acids is 1. The van der Waals surface area contributed by atoms with Gasteiger partial charge in [-0.2, -0.15) is 8.42 Å². The van der Waals surface area contributed by atoms with Crippen LogP contribution in [0.2, 0.25) is 0 Å². The highest BCUT2D eigenvalue weighted by Gasteiger charge is 2.18. The molecule has 0 radical (unpaired) electrons. The van der Waals surface area contributed by atoms with Gasteiger partial charge in [-0.15, -0.1) is 0 Å². The molecular weight excluding hydrogens is 415 g/mol. The first kappa shape index (κ1) is 17.8. The summed E-state index contributed by atoms with van der Waals surface area (Å²) in [4.78, 5) is 21.8. The van der Waals surface area contributed by atoms with Gasteiger partial charge in [-0.1, -0.05) is 0 Å². The molecule has 0 saturated heterocycles. The van der Waals surface area contributed by atoms with Crippen LogP contribution in [0.5, 0.6) is 0 Å². The van der Waals surface area contributed by atoms with Gasteiger partial charge in [0.25, 0.3) is 10.1 Å². The summed E-state index contributed by atoms with van der Waals surface area (Å²) >= 11 is 1.91. The summed E-state index contributed by atoms with van der Waals surface area (Å²) in [5.41, 5.74) is 5.19. The Labute approximate surface area is 134 Å². The Morgan fingerprint density at radius 1 is 1.38 bits per heavy atom. The van der Waals surface area contributed by atoms with E-state index in [9.17, 15) is 18.0 Å². The number of amides is 1. The molecule has 1 atom stereocenters. The predicted octanol–water partition coefficient (Wildman–Crippen LogP) is 0.668. The zero-order valence-corrected chi connectivity index (χ0v) is 13.6. The summed E-state index contributed by atoms with van der Waals surface area (Å²) in [7, 11) is -4.48. The molecule has 0 fully saturated rings. The van der Waals surface area contributed by atoms with Crippen molar-refractivity contribution in [3.63, 3.8) is 0 Å². The van der Waals surface area contributed by atoms with Gasteiger partial charge >= 0.3 is 5.97 Å². The SMILES string of the molecule is N[C@@H](CCC(=O)Nc1cc(I)ccc1S(=O)(=O)O)C(=O)O. The van der Waals surface area contributed by atoms with E-state index in [1.807, 2.05) is 22.6 Å². The first-order chi connectivity index (χ1) is 9.61. The molecule has 1 aromatic carbocycles. The maximum atomic E-state index is 11.7. The van der Waals surface area contributed by atoms with E-state index in [2.05, 4.69) is 5.32 Å². The topological polar surface area (TPSA) is 147 Å². The number of carbonyl (C=O) groups is 2. The summed E-state index contributed by atoms with van der Waals surface area (Å²) in [5.74, 6) is -1.82. The van der Waals surface area contributed by atoms with Gasteiger partial charge in [0.05, 0.1) is 5.69 Å². The highest BCUT2D eigenvalue weighted by Crippen LogP contribution is 2.23. The Kier molecular flexibility index (Phi) is 6.07. The van der Waals surface area contributed by atoms with Crippen molar-refractivity contribution < 1.29 is 27.7 Å². The molecule has 0 heterocycles. The third kappa shape index (κ3) is 5.57. The number of halogens is 1. The van der Waals surface area contributed by atoms with Gasteiger partial charge in [0.15, 0.2) is 0 Å². The lowest BCUT2D eigenvalue weighted by molar-refractivity contribution is -0.138. The maximum absolute atomic E-state index is 11.7. The molecule has 1 rings (SSSR count). The lowest BCUT2D eigenvalue weighted by Crippen LogP contribution is -2.31. The van der Waals surface area contributed by atoms with E-state index in [-0.39, 0.29) is 18.5 Å². The maximum Gasteiger partial charge on any atom is 0.320 e. The van der Waals surface area contributed by atoms with Crippen LogP contribution in [0.25, 0.3) is 0 Å². The Bertz CT molecular complexity index is 661. The number of carboxylic acid groups (broad SMARTS) is 1. The molecule has 0 spiro atoms. The van der Waals surface area contributed by atoms with Crippen LogP contribution in [0, 0.1) is 3.57 Å². The Hall–Kier alpha value is -1.24. The van der Waals surface area contributed by atoms with Crippen LogP contribution in [-0.4, -0.2) is 36.0 Å². The molecule has 0 unspecified atom stereocenters. The minimum Gasteiger partial charge on any atom is -0.480 e. The van der Waals surface area contributed by atoms with Crippen LogP contribution in [0.1, 0.15) is 12.8 Å². The van der Waals surface area contributed by atoms with Crippen LogP contribution in [0.15, 0.2) is 23.1 Å². The summed E-state index contributed by atoms with van der Waals surface area (Å²) in [5, 5.41) is 10.9. The predicted molar refractivity (Wildman–Crippen MR) is 82.4 cm³/mol. The van der Waals surface area contributed by atoms with Gasteiger partial charge in [-0.05, 0) is 47.2 Å². The fourth-order valence-electron chi connectivity index (χ4n) is 1.45. The number of carboxylic acids is 1. The Morgan fingerprint density at radius 3 is 2.52 bits per heavy atom. The molecule has 0 aliphatic heterocycles. The van der Waals surface area contributed by atoms with E-state index in [4.69, 9.17) is 15.4 Å². The van der Waals surface area contributed by atoms with Crippen LogP contribution >= 0.6 is 22.6 Å². The highest BCUT2D eigenvalue weighted by atomic mass is 127. The molecule has 5 N–H and O–H groups in total. The van der Waals surface area contributed by atoms with Crippen molar-refractivity contribution in [3.8, 4) is 0 Å². The van der Waals surface area contributed by atoms with Crippen LogP contribution in [0.3, 0.4) is 0 Å². The van der Waals surface area contributed by atoms with Crippen LogP contribution in [0.4, 0.5) is 5.69 Å². The lowest BCUT2D eigenvalue weighted by atomic mass is 10.1.